The van der Waals surface area contributed by atoms with Crippen LogP contribution in [0.2, 0.25) is 0 Å². The highest BCUT2D eigenvalue weighted by atomic mass is 16.5. The first kappa shape index (κ1) is 13.3. The molecule has 90 valence electrons. The van der Waals surface area contributed by atoms with E-state index in [1.165, 1.54) is 6.08 Å². The van der Waals surface area contributed by atoms with E-state index in [2.05, 4.69) is 6.07 Å². The minimum absolute atomic E-state index is 0.140. The Hall–Kier alpha value is -1.81. The molecule has 0 aromatic heterocycles. The summed E-state index contributed by atoms with van der Waals surface area (Å²) in [4.78, 5) is 0. The quantitative estimate of drug-likeness (QED) is 0.316. The predicted octanol–water partition coefficient (Wildman–Crippen LogP) is 2.65. The third kappa shape index (κ3) is 4.28. The Morgan fingerprint density at radius 1 is 1.47 bits per heavy atom. The average molecular weight is 231 g/mol. The Balaban J connectivity index is 2.46. The van der Waals surface area contributed by atoms with Gasteiger partial charge in [-0.3, -0.25) is 0 Å². The van der Waals surface area contributed by atoms with Crippen LogP contribution in [-0.2, 0) is 0 Å². The second-order valence-electron chi connectivity index (χ2n) is 4.22. The monoisotopic (exact) mass is 231 g/mol. The van der Waals surface area contributed by atoms with Crippen LogP contribution in [0.3, 0.4) is 0 Å². The zero-order valence-corrected chi connectivity index (χ0v) is 9.93. The summed E-state index contributed by atoms with van der Waals surface area (Å²) in [7, 11) is 0. The summed E-state index contributed by atoms with van der Waals surface area (Å²) >= 11 is 0. The van der Waals surface area contributed by atoms with Crippen molar-refractivity contribution in [2.24, 2.45) is 0 Å². The number of rotatable bonds is 5. The molecule has 0 radical (unpaired) electrons. The summed E-state index contributed by atoms with van der Waals surface area (Å²) in [5.41, 5.74) is 0.918. The summed E-state index contributed by atoms with van der Waals surface area (Å²) in [6.45, 7) is 0. The molecule has 0 aliphatic carbocycles. The Morgan fingerprint density at radius 2 is 2.29 bits per heavy atom. The van der Waals surface area contributed by atoms with Crippen LogP contribution in [0.4, 0.5) is 0 Å². The molecule has 1 rings (SSSR count). The molecule has 1 aliphatic heterocycles. The van der Waals surface area contributed by atoms with E-state index in [-0.39, 0.29) is 6.04 Å². The largest absolute Gasteiger partial charge is 0.624 e. The van der Waals surface area contributed by atoms with Crippen molar-refractivity contribution in [3.05, 3.63) is 17.4 Å². The minimum atomic E-state index is -0.140. The van der Waals surface area contributed by atoms with Crippen LogP contribution in [0.25, 0.3) is 0 Å². The molecule has 1 aliphatic rings. The molecule has 0 amide bonds. The molecule has 0 fully saturated rings. The summed E-state index contributed by atoms with van der Waals surface area (Å²) in [6, 6.07) is 3.87. The lowest BCUT2D eigenvalue weighted by Crippen LogP contribution is -2.31. The normalized spacial score (nSPS) is 20.2. The highest BCUT2D eigenvalue weighted by Crippen LogP contribution is 2.18. The van der Waals surface area contributed by atoms with Gasteiger partial charge in [-0.25, -0.2) is 4.74 Å². The fourth-order valence-electron chi connectivity index (χ4n) is 2.11. The van der Waals surface area contributed by atoms with E-state index >= 15 is 0 Å². The zero-order valence-electron chi connectivity index (χ0n) is 9.93. The van der Waals surface area contributed by atoms with Crippen molar-refractivity contribution in [2.45, 2.75) is 51.0 Å². The molecule has 0 N–H and O–H groups in total. The summed E-state index contributed by atoms with van der Waals surface area (Å²) in [6.07, 6.45) is 8.81. The Bertz CT molecular complexity index is 384. The van der Waals surface area contributed by atoms with Gasteiger partial charge in [0.05, 0.1) is 18.6 Å². The summed E-state index contributed by atoms with van der Waals surface area (Å²) < 4.78 is 1.06. The maximum Gasteiger partial charge on any atom is 0.176 e. The van der Waals surface area contributed by atoms with Crippen molar-refractivity contribution >= 4 is 5.71 Å². The van der Waals surface area contributed by atoms with Crippen LogP contribution in [-0.4, -0.2) is 16.5 Å². The number of nitriles is 2. The molecular formula is C13H17N3O. The van der Waals surface area contributed by atoms with E-state index in [0.29, 0.717) is 6.42 Å². The van der Waals surface area contributed by atoms with E-state index in [4.69, 9.17) is 10.5 Å². The van der Waals surface area contributed by atoms with Gasteiger partial charge in [0, 0.05) is 25.3 Å². The standard InChI is InChI=1S/C13H17N3O/c14-10-4-2-1-3-6-12-7-5-8-13(9-11-15)16(12)17/h2,4,13H,1,3,5-9H2/b4-2-/t13-/m0/s1. The van der Waals surface area contributed by atoms with Gasteiger partial charge in [0.15, 0.2) is 11.8 Å². The Kier molecular flexibility index (Phi) is 5.82. The first-order valence-electron chi connectivity index (χ1n) is 6.02. The SMILES string of the molecule is N#C/C=C\CCCC1=[N+]([O-])[C@H](CC#N)CCC1. The van der Waals surface area contributed by atoms with Crippen LogP contribution in [0.15, 0.2) is 12.2 Å². The average Bonchev–Trinajstić information content (AvgIpc) is 2.33. The van der Waals surface area contributed by atoms with E-state index in [0.717, 1.165) is 49.0 Å². The van der Waals surface area contributed by atoms with Gasteiger partial charge < -0.3 is 5.21 Å². The molecule has 0 spiro atoms. The molecular weight excluding hydrogens is 214 g/mol. The number of hydrogen-bond donors (Lipinski definition) is 0. The van der Waals surface area contributed by atoms with Gasteiger partial charge in [0.2, 0.25) is 0 Å². The Morgan fingerprint density at radius 3 is 3.00 bits per heavy atom. The van der Waals surface area contributed by atoms with Crippen molar-refractivity contribution in [3.8, 4) is 12.1 Å². The van der Waals surface area contributed by atoms with E-state index < -0.39 is 0 Å². The number of allylic oxidation sites excluding steroid dienone is 2. The second kappa shape index (κ2) is 7.46. The van der Waals surface area contributed by atoms with Crippen molar-refractivity contribution in [3.63, 3.8) is 0 Å². The molecule has 0 aromatic carbocycles. The van der Waals surface area contributed by atoms with Crippen LogP contribution in [0.1, 0.15) is 44.9 Å². The molecule has 0 bridgehead atoms. The number of nitrogens with zero attached hydrogens (tertiary/aromatic N) is 3. The maximum atomic E-state index is 11.9. The molecule has 17 heavy (non-hydrogen) atoms. The van der Waals surface area contributed by atoms with E-state index in [1.54, 1.807) is 0 Å². The topological polar surface area (TPSA) is 73.7 Å². The van der Waals surface area contributed by atoms with Crippen molar-refractivity contribution < 1.29 is 4.74 Å². The lowest BCUT2D eigenvalue weighted by atomic mass is 9.97. The van der Waals surface area contributed by atoms with Crippen LogP contribution < -0.4 is 0 Å². The highest BCUT2D eigenvalue weighted by molar-refractivity contribution is 5.80. The van der Waals surface area contributed by atoms with Crippen molar-refractivity contribution in [1.29, 1.82) is 10.5 Å². The minimum Gasteiger partial charge on any atom is -0.624 e. The number of unbranched alkanes of at least 4 members (excludes halogenated alkanes) is 1. The molecule has 4 heteroatoms. The fraction of sp³-hybridized carbons (Fsp3) is 0.615. The van der Waals surface area contributed by atoms with Gasteiger partial charge in [-0.05, 0) is 19.3 Å². The molecule has 1 heterocycles. The molecule has 0 unspecified atom stereocenters. The lowest BCUT2D eigenvalue weighted by Gasteiger charge is -2.22. The number of hydroxylamine groups is 1. The van der Waals surface area contributed by atoms with Crippen LogP contribution in [0, 0.1) is 27.9 Å². The maximum absolute atomic E-state index is 11.9. The second-order valence-corrected chi connectivity index (χ2v) is 4.22. The van der Waals surface area contributed by atoms with Gasteiger partial charge in [-0.2, -0.15) is 10.5 Å². The summed E-state index contributed by atoms with van der Waals surface area (Å²) in [5.74, 6) is 0. The van der Waals surface area contributed by atoms with E-state index in [1.807, 2.05) is 12.1 Å². The first-order chi connectivity index (χ1) is 8.29. The number of hydrogen-bond acceptors (Lipinski definition) is 3. The van der Waals surface area contributed by atoms with Crippen molar-refractivity contribution in [2.75, 3.05) is 0 Å². The molecule has 4 nitrogen and oxygen atoms in total. The molecule has 0 saturated heterocycles. The highest BCUT2D eigenvalue weighted by Gasteiger charge is 2.24. The van der Waals surface area contributed by atoms with Crippen LogP contribution >= 0.6 is 0 Å². The Labute approximate surface area is 102 Å². The fourth-order valence-corrected chi connectivity index (χ4v) is 2.11. The molecule has 0 aromatic rings. The zero-order chi connectivity index (χ0) is 12.5. The first-order valence-corrected chi connectivity index (χ1v) is 6.02. The van der Waals surface area contributed by atoms with Gasteiger partial charge >= 0.3 is 0 Å². The molecule has 0 saturated carbocycles. The predicted molar refractivity (Wildman–Crippen MR) is 65.1 cm³/mol. The van der Waals surface area contributed by atoms with Crippen molar-refractivity contribution in [1.82, 2.24) is 0 Å². The van der Waals surface area contributed by atoms with Gasteiger partial charge in [-0.1, -0.05) is 6.08 Å². The smallest absolute Gasteiger partial charge is 0.176 e. The summed E-state index contributed by atoms with van der Waals surface area (Å²) in [5, 5.41) is 28.8. The third-order valence-corrected chi connectivity index (χ3v) is 3.00. The van der Waals surface area contributed by atoms with Crippen LogP contribution in [0.5, 0.6) is 0 Å². The van der Waals surface area contributed by atoms with E-state index in [9.17, 15) is 5.21 Å². The molecule has 1 atom stereocenters. The van der Waals surface area contributed by atoms with Gasteiger partial charge in [0.1, 0.15) is 0 Å². The lowest BCUT2D eigenvalue weighted by molar-refractivity contribution is -0.508. The third-order valence-electron chi connectivity index (χ3n) is 3.00. The van der Waals surface area contributed by atoms with Gasteiger partial charge in [0.25, 0.3) is 0 Å². The van der Waals surface area contributed by atoms with Gasteiger partial charge in [-0.15, -0.1) is 0 Å².